The van der Waals surface area contributed by atoms with Crippen LogP contribution in [0.3, 0.4) is 0 Å². The minimum Gasteiger partial charge on any atom is -0.505 e. The van der Waals surface area contributed by atoms with Crippen LogP contribution in [0.1, 0.15) is 17.1 Å². The number of rotatable bonds is 4. The SMILES string of the molecule is [C-]#[N+]c1c(C)nsc1N=Nc1cc(N=Nc2nc(C)ns2)c(O)c(C)c1O. The summed E-state index contributed by atoms with van der Waals surface area (Å²) >= 11 is 2.11. The van der Waals surface area contributed by atoms with E-state index >= 15 is 0 Å². The minimum absolute atomic E-state index is 0.0784. The van der Waals surface area contributed by atoms with Crippen molar-refractivity contribution in [1.29, 1.82) is 0 Å². The molecule has 3 rings (SSSR count). The van der Waals surface area contributed by atoms with E-state index in [4.69, 9.17) is 6.57 Å². The monoisotopic (exact) mass is 400 g/mol. The van der Waals surface area contributed by atoms with Gasteiger partial charge in [-0.25, -0.2) is 14.2 Å². The second-order valence-corrected chi connectivity index (χ2v) is 6.78. The molecule has 0 spiro atoms. The van der Waals surface area contributed by atoms with Gasteiger partial charge in [-0.05, 0) is 32.3 Å². The van der Waals surface area contributed by atoms with Crippen LogP contribution in [0.2, 0.25) is 0 Å². The van der Waals surface area contributed by atoms with Crippen LogP contribution in [0, 0.1) is 27.3 Å². The molecule has 0 unspecified atom stereocenters. The van der Waals surface area contributed by atoms with E-state index in [1.807, 2.05) is 0 Å². The molecule has 0 aliphatic heterocycles. The van der Waals surface area contributed by atoms with Crippen LogP contribution in [-0.4, -0.2) is 23.9 Å². The summed E-state index contributed by atoms with van der Waals surface area (Å²) in [6.45, 7) is 12.1. The molecular weight excluding hydrogens is 388 g/mol. The summed E-state index contributed by atoms with van der Waals surface area (Å²) in [6.07, 6.45) is 0. The van der Waals surface area contributed by atoms with Crippen molar-refractivity contribution in [1.82, 2.24) is 13.7 Å². The molecule has 27 heavy (non-hydrogen) atoms. The van der Waals surface area contributed by atoms with Crippen molar-refractivity contribution in [2.45, 2.75) is 20.8 Å². The van der Waals surface area contributed by atoms with E-state index in [0.717, 1.165) is 23.1 Å². The second-order valence-electron chi connectivity index (χ2n) is 5.29. The summed E-state index contributed by atoms with van der Waals surface area (Å²) in [5, 5.41) is 36.9. The topological polar surface area (TPSA) is 133 Å². The maximum absolute atomic E-state index is 10.2. The normalized spacial score (nSPS) is 11.5. The Kier molecular flexibility index (Phi) is 5.15. The first-order valence-electron chi connectivity index (χ1n) is 7.43. The number of aromatic hydroxyl groups is 2. The molecule has 0 aliphatic rings. The quantitative estimate of drug-likeness (QED) is 0.427. The molecule has 10 nitrogen and oxygen atoms in total. The predicted octanol–water partition coefficient (Wildman–Crippen LogP) is 5.71. The number of phenols is 2. The van der Waals surface area contributed by atoms with E-state index in [-0.39, 0.29) is 28.4 Å². The van der Waals surface area contributed by atoms with Crippen molar-refractivity contribution in [3.63, 3.8) is 0 Å². The Labute approximate surface area is 161 Å². The van der Waals surface area contributed by atoms with E-state index in [1.165, 1.54) is 13.0 Å². The molecule has 2 heterocycles. The van der Waals surface area contributed by atoms with Crippen molar-refractivity contribution in [2.75, 3.05) is 0 Å². The highest BCUT2D eigenvalue weighted by Gasteiger charge is 2.15. The molecule has 0 aliphatic carbocycles. The van der Waals surface area contributed by atoms with Gasteiger partial charge in [0, 0.05) is 23.2 Å². The van der Waals surface area contributed by atoms with E-state index in [0.29, 0.717) is 27.3 Å². The molecule has 0 radical (unpaired) electrons. The fourth-order valence-electron chi connectivity index (χ4n) is 1.98. The third-order valence-corrected chi connectivity index (χ3v) is 4.91. The van der Waals surface area contributed by atoms with Gasteiger partial charge < -0.3 is 10.2 Å². The highest BCUT2D eigenvalue weighted by atomic mass is 32.1. The van der Waals surface area contributed by atoms with Gasteiger partial charge in [-0.15, -0.1) is 20.5 Å². The molecule has 2 aromatic heterocycles. The zero-order chi connectivity index (χ0) is 19.6. The lowest BCUT2D eigenvalue weighted by molar-refractivity contribution is 0.445. The molecule has 0 atom stereocenters. The van der Waals surface area contributed by atoms with Gasteiger partial charge in [0.25, 0.3) is 0 Å². The van der Waals surface area contributed by atoms with Crippen molar-refractivity contribution < 1.29 is 10.2 Å². The summed E-state index contributed by atoms with van der Waals surface area (Å²) in [7, 11) is 0. The van der Waals surface area contributed by atoms with Crippen LogP contribution >= 0.6 is 23.1 Å². The number of azo groups is 2. The lowest BCUT2D eigenvalue weighted by Gasteiger charge is -2.06. The molecule has 0 amide bonds. The fraction of sp³-hybridized carbons (Fsp3) is 0.200. The van der Waals surface area contributed by atoms with E-state index in [2.05, 4.69) is 39.0 Å². The van der Waals surface area contributed by atoms with E-state index < -0.39 is 0 Å². The van der Waals surface area contributed by atoms with Gasteiger partial charge in [0.15, 0.2) is 5.00 Å². The standard InChI is InChI=1S/C15H12N8O2S2/c1-6-12(24)9(18-20-14-11(16-4)7(2)22-26-14)5-10(13(6)25)19-21-15-17-8(3)23-27-15/h5,24-25H,1-3H3. The largest absolute Gasteiger partial charge is 0.505 e. The lowest BCUT2D eigenvalue weighted by Crippen LogP contribution is -1.79. The van der Waals surface area contributed by atoms with Gasteiger partial charge in [0.05, 0.1) is 12.3 Å². The molecule has 0 saturated heterocycles. The zero-order valence-corrected chi connectivity index (χ0v) is 16.0. The molecule has 0 saturated carbocycles. The average Bonchev–Trinajstić information content (AvgIpc) is 3.23. The van der Waals surface area contributed by atoms with Crippen LogP contribution in [0.15, 0.2) is 26.5 Å². The summed E-state index contributed by atoms with van der Waals surface area (Å²) < 4.78 is 8.06. The number of nitrogens with zero attached hydrogens (tertiary/aromatic N) is 8. The first kappa shape index (κ1) is 18.5. The Morgan fingerprint density at radius 2 is 1.63 bits per heavy atom. The number of hydrogen-bond acceptors (Lipinski definition) is 11. The Morgan fingerprint density at radius 3 is 2.22 bits per heavy atom. The molecular formula is C15H12N8O2S2. The summed E-state index contributed by atoms with van der Waals surface area (Å²) in [4.78, 5) is 7.43. The summed E-state index contributed by atoms with van der Waals surface area (Å²) in [6, 6.07) is 1.34. The number of phenolic OH excluding ortho intramolecular Hbond substituents is 2. The highest BCUT2D eigenvalue weighted by molar-refractivity contribution is 7.10. The number of aryl methyl sites for hydroxylation is 2. The van der Waals surface area contributed by atoms with Gasteiger partial charge in [-0.3, -0.25) is 0 Å². The summed E-state index contributed by atoms with van der Waals surface area (Å²) in [5.41, 5.74) is 1.23. The van der Waals surface area contributed by atoms with Crippen LogP contribution in [-0.2, 0) is 0 Å². The molecule has 12 heteroatoms. The maximum Gasteiger partial charge on any atom is 0.249 e. The van der Waals surface area contributed by atoms with Gasteiger partial charge in [0.2, 0.25) is 10.8 Å². The summed E-state index contributed by atoms with van der Waals surface area (Å²) in [5.74, 6) is 0.101. The van der Waals surface area contributed by atoms with E-state index in [1.54, 1.807) is 13.8 Å². The van der Waals surface area contributed by atoms with Crippen LogP contribution < -0.4 is 0 Å². The molecule has 0 bridgehead atoms. The van der Waals surface area contributed by atoms with Crippen molar-refractivity contribution >= 4 is 50.3 Å². The van der Waals surface area contributed by atoms with E-state index in [9.17, 15) is 10.2 Å². The van der Waals surface area contributed by atoms with Crippen LogP contribution in [0.25, 0.3) is 4.85 Å². The zero-order valence-electron chi connectivity index (χ0n) is 14.4. The third kappa shape index (κ3) is 3.78. The minimum atomic E-state index is -0.243. The number of hydrogen-bond donors (Lipinski definition) is 2. The first-order valence-corrected chi connectivity index (χ1v) is 8.98. The van der Waals surface area contributed by atoms with Crippen LogP contribution in [0.5, 0.6) is 11.5 Å². The fourth-order valence-corrected chi connectivity index (χ4v) is 3.16. The van der Waals surface area contributed by atoms with Crippen molar-refractivity contribution in [3.8, 4) is 11.5 Å². The van der Waals surface area contributed by atoms with Crippen LogP contribution in [0.4, 0.5) is 27.2 Å². The molecule has 2 N–H and O–H groups in total. The lowest BCUT2D eigenvalue weighted by atomic mass is 10.1. The van der Waals surface area contributed by atoms with Gasteiger partial charge in [0.1, 0.15) is 28.7 Å². The van der Waals surface area contributed by atoms with Gasteiger partial charge in [-0.1, -0.05) is 0 Å². The Bertz CT molecular complexity index is 1110. The number of benzene rings is 1. The predicted molar refractivity (Wildman–Crippen MR) is 101 cm³/mol. The first-order chi connectivity index (χ1) is 12.9. The molecule has 0 fully saturated rings. The highest BCUT2D eigenvalue weighted by Crippen LogP contribution is 2.44. The Hall–Kier alpha value is -3.30. The maximum atomic E-state index is 10.2. The Balaban J connectivity index is 1.98. The molecule has 3 aromatic rings. The van der Waals surface area contributed by atoms with Gasteiger partial charge in [-0.2, -0.15) is 4.37 Å². The molecule has 136 valence electrons. The van der Waals surface area contributed by atoms with Crippen molar-refractivity contribution in [3.05, 3.63) is 34.6 Å². The smallest absolute Gasteiger partial charge is 0.249 e. The van der Waals surface area contributed by atoms with Gasteiger partial charge >= 0.3 is 0 Å². The number of aromatic nitrogens is 3. The third-order valence-electron chi connectivity index (χ3n) is 3.40. The van der Waals surface area contributed by atoms with Crippen molar-refractivity contribution in [2.24, 2.45) is 20.5 Å². The second kappa shape index (κ2) is 7.52. The average molecular weight is 400 g/mol. The Morgan fingerprint density at radius 1 is 0.963 bits per heavy atom. The molecule has 1 aromatic carbocycles.